The fourth-order valence-electron chi connectivity index (χ4n) is 2.81. The summed E-state index contributed by atoms with van der Waals surface area (Å²) in [7, 11) is 0. The van der Waals surface area contributed by atoms with Crippen LogP contribution >= 0.6 is 11.6 Å². The average molecular weight is 308 g/mol. The second-order valence-corrected chi connectivity index (χ2v) is 5.70. The number of carbonyl (C=O) groups is 1. The highest BCUT2D eigenvalue weighted by atomic mass is 35.5. The van der Waals surface area contributed by atoms with Crippen LogP contribution in [-0.2, 0) is 11.2 Å². The Balaban J connectivity index is 1.93. The number of nitrogens with one attached hydrogen (secondary N) is 2. The molecule has 3 rings (SSSR count). The Kier molecular flexibility index (Phi) is 3.71. The summed E-state index contributed by atoms with van der Waals surface area (Å²) in [5.41, 5.74) is 1.88. The van der Waals surface area contributed by atoms with Crippen LogP contribution in [0.2, 0.25) is 5.28 Å². The third-order valence-electron chi connectivity index (χ3n) is 3.77. The molecular formula is C14H18ClN5O. The van der Waals surface area contributed by atoms with Gasteiger partial charge in [0.1, 0.15) is 11.5 Å². The van der Waals surface area contributed by atoms with Gasteiger partial charge in [-0.05, 0) is 30.5 Å². The van der Waals surface area contributed by atoms with Crippen LogP contribution in [0.25, 0.3) is 11.0 Å². The van der Waals surface area contributed by atoms with Gasteiger partial charge in [0.15, 0.2) is 0 Å². The molecule has 1 saturated heterocycles. The Labute approximate surface area is 127 Å². The summed E-state index contributed by atoms with van der Waals surface area (Å²) < 4.78 is 0. The minimum atomic E-state index is 0.00244. The maximum absolute atomic E-state index is 11.2. The van der Waals surface area contributed by atoms with Crippen LogP contribution in [-0.4, -0.2) is 40.0 Å². The molecule has 0 unspecified atom stereocenters. The fourth-order valence-corrected chi connectivity index (χ4v) is 2.98. The Morgan fingerprint density at radius 2 is 2.38 bits per heavy atom. The van der Waals surface area contributed by atoms with E-state index in [1.54, 1.807) is 6.92 Å². The minimum Gasteiger partial charge on any atom is -0.354 e. The summed E-state index contributed by atoms with van der Waals surface area (Å²) in [4.78, 5) is 25.2. The molecule has 0 aromatic carbocycles. The van der Waals surface area contributed by atoms with Gasteiger partial charge in [0.05, 0.1) is 5.39 Å². The zero-order chi connectivity index (χ0) is 15.0. The number of fused-ring (bicyclic) bond motifs is 1. The van der Waals surface area contributed by atoms with Gasteiger partial charge in [-0.15, -0.1) is 0 Å². The molecule has 0 spiro atoms. The number of halogens is 1. The predicted octanol–water partition coefficient (Wildman–Crippen LogP) is 1.89. The van der Waals surface area contributed by atoms with Gasteiger partial charge in [-0.1, -0.05) is 6.92 Å². The van der Waals surface area contributed by atoms with Gasteiger partial charge in [-0.2, -0.15) is 9.97 Å². The van der Waals surface area contributed by atoms with Crippen LogP contribution in [0, 0.1) is 0 Å². The van der Waals surface area contributed by atoms with Crippen molar-refractivity contribution in [3.63, 3.8) is 0 Å². The molecule has 1 amide bonds. The molecular weight excluding hydrogens is 290 g/mol. The van der Waals surface area contributed by atoms with Crippen molar-refractivity contribution in [2.45, 2.75) is 32.7 Å². The van der Waals surface area contributed by atoms with E-state index in [1.807, 2.05) is 0 Å². The number of H-pyrrole nitrogens is 1. The van der Waals surface area contributed by atoms with Crippen molar-refractivity contribution in [2.24, 2.45) is 0 Å². The molecule has 112 valence electrons. The topological polar surface area (TPSA) is 73.9 Å². The van der Waals surface area contributed by atoms with Crippen LogP contribution in [0.5, 0.6) is 0 Å². The highest BCUT2D eigenvalue weighted by Gasteiger charge is 2.26. The van der Waals surface area contributed by atoms with E-state index in [1.165, 1.54) is 0 Å². The molecule has 1 aliphatic heterocycles. The Hall–Kier alpha value is -1.82. The van der Waals surface area contributed by atoms with Crippen molar-refractivity contribution in [1.82, 2.24) is 20.3 Å². The van der Waals surface area contributed by atoms with Gasteiger partial charge in [-0.3, -0.25) is 4.79 Å². The SMILES string of the molecule is CCc1cc2c(N3CC[C@@H](NC(C)=O)C3)nc(Cl)nc2[nH]1. The van der Waals surface area contributed by atoms with E-state index in [-0.39, 0.29) is 17.2 Å². The van der Waals surface area contributed by atoms with Gasteiger partial charge in [0.2, 0.25) is 11.2 Å². The van der Waals surface area contributed by atoms with Gasteiger partial charge >= 0.3 is 0 Å². The van der Waals surface area contributed by atoms with Crippen LogP contribution < -0.4 is 10.2 Å². The number of carbonyl (C=O) groups excluding carboxylic acids is 1. The number of anilines is 1. The van der Waals surface area contributed by atoms with Gasteiger partial charge in [0, 0.05) is 31.7 Å². The van der Waals surface area contributed by atoms with Crippen molar-refractivity contribution in [1.29, 1.82) is 0 Å². The number of nitrogens with zero attached hydrogens (tertiary/aromatic N) is 3. The molecule has 0 bridgehead atoms. The number of aromatic nitrogens is 3. The number of hydrogen-bond acceptors (Lipinski definition) is 4. The smallest absolute Gasteiger partial charge is 0.226 e. The number of aryl methyl sites for hydroxylation is 1. The average Bonchev–Trinajstić information content (AvgIpc) is 3.03. The van der Waals surface area contributed by atoms with E-state index in [4.69, 9.17) is 11.6 Å². The van der Waals surface area contributed by atoms with Crippen molar-refractivity contribution in [3.8, 4) is 0 Å². The Morgan fingerprint density at radius 3 is 3.10 bits per heavy atom. The molecule has 1 atom stereocenters. The third kappa shape index (κ3) is 2.81. The van der Waals surface area contributed by atoms with Gasteiger partial charge in [-0.25, -0.2) is 0 Å². The minimum absolute atomic E-state index is 0.00244. The number of rotatable bonds is 3. The van der Waals surface area contributed by atoms with Gasteiger partial charge in [0.25, 0.3) is 0 Å². The predicted molar refractivity (Wildman–Crippen MR) is 82.7 cm³/mol. The lowest BCUT2D eigenvalue weighted by Gasteiger charge is -2.18. The van der Waals surface area contributed by atoms with Crippen LogP contribution in [0.1, 0.15) is 26.0 Å². The fraction of sp³-hybridized carbons (Fsp3) is 0.500. The molecule has 6 nitrogen and oxygen atoms in total. The summed E-state index contributed by atoms with van der Waals surface area (Å²) in [5, 5.41) is 4.18. The van der Waals surface area contributed by atoms with E-state index in [9.17, 15) is 4.79 Å². The van der Waals surface area contributed by atoms with Crippen molar-refractivity contribution in [2.75, 3.05) is 18.0 Å². The highest BCUT2D eigenvalue weighted by Crippen LogP contribution is 2.28. The normalized spacial score (nSPS) is 18.4. The van der Waals surface area contributed by atoms with Crippen molar-refractivity contribution < 1.29 is 4.79 Å². The summed E-state index contributed by atoms with van der Waals surface area (Å²) >= 11 is 6.04. The molecule has 1 fully saturated rings. The first kappa shape index (κ1) is 14.1. The molecule has 1 aliphatic rings. The van der Waals surface area contributed by atoms with E-state index in [0.717, 1.165) is 48.5 Å². The van der Waals surface area contributed by atoms with Crippen LogP contribution in [0.4, 0.5) is 5.82 Å². The monoisotopic (exact) mass is 307 g/mol. The molecule has 0 radical (unpaired) electrons. The molecule has 0 aliphatic carbocycles. The largest absolute Gasteiger partial charge is 0.354 e. The summed E-state index contributed by atoms with van der Waals surface area (Å²) in [5.74, 6) is 0.844. The standard InChI is InChI=1S/C14H18ClN5O/c1-3-9-6-11-12(17-9)18-14(15)19-13(11)20-5-4-10(7-20)16-8(2)21/h6,10H,3-5,7H2,1-2H3,(H,16,21)(H,17,18,19)/t10-/m1/s1. The molecule has 2 N–H and O–H groups in total. The lowest BCUT2D eigenvalue weighted by Crippen LogP contribution is -2.35. The zero-order valence-electron chi connectivity index (χ0n) is 12.1. The quantitative estimate of drug-likeness (QED) is 0.849. The van der Waals surface area contributed by atoms with E-state index < -0.39 is 0 Å². The number of aromatic amines is 1. The maximum atomic E-state index is 11.2. The van der Waals surface area contributed by atoms with E-state index in [2.05, 4.69) is 38.2 Å². The Bertz CT molecular complexity index is 683. The second kappa shape index (κ2) is 5.52. The zero-order valence-corrected chi connectivity index (χ0v) is 12.9. The third-order valence-corrected chi connectivity index (χ3v) is 3.94. The number of hydrogen-bond donors (Lipinski definition) is 2. The molecule has 2 aromatic heterocycles. The molecule has 21 heavy (non-hydrogen) atoms. The lowest BCUT2D eigenvalue weighted by molar-refractivity contribution is -0.119. The summed E-state index contributed by atoms with van der Waals surface area (Å²) in [6, 6.07) is 2.24. The summed E-state index contributed by atoms with van der Waals surface area (Å²) in [6.45, 7) is 5.22. The lowest BCUT2D eigenvalue weighted by atomic mass is 10.2. The molecule has 7 heteroatoms. The molecule has 3 heterocycles. The first-order valence-corrected chi connectivity index (χ1v) is 7.51. The Morgan fingerprint density at radius 1 is 1.57 bits per heavy atom. The van der Waals surface area contributed by atoms with Gasteiger partial charge < -0.3 is 15.2 Å². The number of amides is 1. The molecule has 2 aromatic rings. The van der Waals surface area contributed by atoms with Crippen LogP contribution in [0.15, 0.2) is 6.07 Å². The van der Waals surface area contributed by atoms with Crippen molar-refractivity contribution in [3.05, 3.63) is 17.0 Å². The first-order valence-electron chi connectivity index (χ1n) is 7.14. The van der Waals surface area contributed by atoms with Crippen molar-refractivity contribution >= 4 is 34.4 Å². The highest BCUT2D eigenvalue weighted by molar-refractivity contribution is 6.28. The summed E-state index contributed by atoms with van der Waals surface area (Å²) in [6.07, 6.45) is 1.82. The molecule has 0 saturated carbocycles. The first-order chi connectivity index (χ1) is 10.1. The van der Waals surface area contributed by atoms with E-state index >= 15 is 0 Å². The second-order valence-electron chi connectivity index (χ2n) is 5.36. The van der Waals surface area contributed by atoms with E-state index in [0.29, 0.717) is 0 Å². The maximum Gasteiger partial charge on any atom is 0.226 e. The van der Waals surface area contributed by atoms with Crippen LogP contribution in [0.3, 0.4) is 0 Å².